The Balaban J connectivity index is 3.90. The molecule has 0 aromatic heterocycles. The lowest BCUT2D eigenvalue weighted by atomic mass is 9.96. The molecule has 0 spiro atoms. The van der Waals surface area contributed by atoms with Gasteiger partial charge < -0.3 is 10.6 Å². The van der Waals surface area contributed by atoms with Gasteiger partial charge in [-0.05, 0) is 32.2 Å². The van der Waals surface area contributed by atoms with Gasteiger partial charge in [0, 0.05) is 20.0 Å². The summed E-state index contributed by atoms with van der Waals surface area (Å²) in [5, 5.41) is 0. The van der Waals surface area contributed by atoms with Gasteiger partial charge in [0.25, 0.3) is 0 Å². The summed E-state index contributed by atoms with van der Waals surface area (Å²) in [5.74, 6) is 0.797. The molecule has 0 fully saturated rings. The van der Waals surface area contributed by atoms with Gasteiger partial charge in [0.1, 0.15) is 0 Å². The predicted molar refractivity (Wildman–Crippen MR) is 69.1 cm³/mol. The third-order valence-corrected chi connectivity index (χ3v) is 2.85. The van der Waals surface area contributed by atoms with Crippen molar-refractivity contribution in [3.63, 3.8) is 0 Å². The van der Waals surface area contributed by atoms with E-state index in [1.807, 2.05) is 14.0 Å². The molecule has 16 heavy (non-hydrogen) atoms. The summed E-state index contributed by atoms with van der Waals surface area (Å²) >= 11 is 0. The molecule has 3 nitrogen and oxygen atoms in total. The van der Waals surface area contributed by atoms with Crippen LogP contribution in [-0.4, -0.2) is 30.9 Å². The smallest absolute Gasteiger partial charge is 0.222 e. The van der Waals surface area contributed by atoms with Crippen LogP contribution in [0.3, 0.4) is 0 Å². The number of rotatable bonds is 8. The monoisotopic (exact) mass is 226 g/mol. The van der Waals surface area contributed by atoms with Crippen LogP contribution in [0.1, 0.15) is 39.5 Å². The average molecular weight is 226 g/mol. The van der Waals surface area contributed by atoms with Crippen LogP contribution in [0.2, 0.25) is 0 Å². The van der Waals surface area contributed by atoms with Crippen molar-refractivity contribution in [2.45, 2.75) is 39.5 Å². The maximum absolute atomic E-state index is 11.8. The molecule has 0 aromatic carbocycles. The van der Waals surface area contributed by atoms with Crippen LogP contribution < -0.4 is 5.73 Å². The molecule has 0 radical (unpaired) electrons. The molecule has 2 N–H and O–H groups in total. The van der Waals surface area contributed by atoms with Crippen molar-refractivity contribution in [3.05, 3.63) is 12.2 Å². The van der Waals surface area contributed by atoms with E-state index in [2.05, 4.69) is 13.5 Å². The van der Waals surface area contributed by atoms with E-state index in [1.165, 1.54) is 0 Å². The highest BCUT2D eigenvalue weighted by Crippen LogP contribution is 2.15. The topological polar surface area (TPSA) is 46.3 Å². The first-order valence-electron chi connectivity index (χ1n) is 6.09. The Morgan fingerprint density at radius 2 is 2.06 bits per heavy atom. The molecule has 3 heteroatoms. The minimum Gasteiger partial charge on any atom is -0.342 e. The lowest BCUT2D eigenvalue weighted by molar-refractivity contribution is -0.129. The molecular weight excluding hydrogens is 200 g/mol. The largest absolute Gasteiger partial charge is 0.342 e. The molecule has 1 atom stereocenters. The van der Waals surface area contributed by atoms with E-state index in [4.69, 9.17) is 5.73 Å². The van der Waals surface area contributed by atoms with E-state index in [1.54, 1.807) is 4.90 Å². The lowest BCUT2D eigenvalue weighted by Crippen LogP contribution is -2.28. The highest BCUT2D eigenvalue weighted by atomic mass is 16.2. The maximum atomic E-state index is 11.8. The van der Waals surface area contributed by atoms with Crippen LogP contribution in [0, 0.1) is 5.92 Å². The van der Waals surface area contributed by atoms with Crippen molar-refractivity contribution < 1.29 is 4.79 Å². The van der Waals surface area contributed by atoms with E-state index in [0.717, 1.165) is 24.8 Å². The molecule has 1 unspecified atom stereocenters. The van der Waals surface area contributed by atoms with Crippen molar-refractivity contribution >= 4 is 5.91 Å². The number of amides is 1. The fourth-order valence-electron chi connectivity index (χ4n) is 1.80. The zero-order valence-electron chi connectivity index (χ0n) is 11.0. The average Bonchev–Trinajstić information content (AvgIpc) is 2.22. The van der Waals surface area contributed by atoms with E-state index >= 15 is 0 Å². The maximum Gasteiger partial charge on any atom is 0.222 e. The van der Waals surface area contributed by atoms with Gasteiger partial charge in [0.2, 0.25) is 5.91 Å². The molecule has 0 aromatic rings. The normalized spacial score (nSPS) is 12.2. The van der Waals surface area contributed by atoms with Gasteiger partial charge in [0.15, 0.2) is 0 Å². The second-order valence-corrected chi connectivity index (χ2v) is 4.60. The highest BCUT2D eigenvalue weighted by molar-refractivity contribution is 5.76. The molecule has 0 aliphatic carbocycles. The molecule has 0 aliphatic heterocycles. The zero-order chi connectivity index (χ0) is 12.6. The third-order valence-electron chi connectivity index (χ3n) is 2.85. The van der Waals surface area contributed by atoms with E-state index in [0.29, 0.717) is 25.4 Å². The Labute approximate surface area is 99.7 Å². The van der Waals surface area contributed by atoms with E-state index in [-0.39, 0.29) is 5.91 Å². The summed E-state index contributed by atoms with van der Waals surface area (Å²) in [6.07, 6.45) is 3.71. The Hall–Kier alpha value is -0.830. The number of hydrogen-bond acceptors (Lipinski definition) is 2. The molecule has 0 heterocycles. The summed E-state index contributed by atoms with van der Waals surface area (Å²) in [6, 6.07) is 0. The fourth-order valence-corrected chi connectivity index (χ4v) is 1.80. The van der Waals surface area contributed by atoms with Gasteiger partial charge >= 0.3 is 0 Å². The van der Waals surface area contributed by atoms with Gasteiger partial charge in [-0.3, -0.25) is 4.79 Å². The van der Waals surface area contributed by atoms with Gasteiger partial charge in [-0.25, -0.2) is 0 Å². The number of likely N-dealkylation sites (N-methyl/N-ethyl adjacent to an activating group) is 1. The fraction of sp³-hybridized carbons (Fsp3) is 0.769. The van der Waals surface area contributed by atoms with Crippen molar-refractivity contribution in [2.75, 3.05) is 20.1 Å². The van der Waals surface area contributed by atoms with Crippen molar-refractivity contribution in [3.8, 4) is 0 Å². The molecule has 94 valence electrons. The Morgan fingerprint density at radius 3 is 2.50 bits per heavy atom. The molecule has 0 saturated heterocycles. The van der Waals surface area contributed by atoms with Gasteiger partial charge in [-0.1, -0.05) is 25.5 Å². The second-order valence-electron chi connectivity index (χ2n) is 4.60. The molecule has 0 aliphatic rings. The van der Waals surface area contributed by atoms with Crippen molar-refractivity contribution in [1.82, 2.24) is 4.90 Å². The first kappa shape index (κ1) is 15.2. The summed E-state index contributed by atoms with van der Waals surface area (Å²) in [4.78, 5) is 13.5. The zero-order valence-corrected chi connectivity index (χ0v) is 11.0. The summed E-state index contributed by atoms with van der Waals surface area (Å²) in [5.41, 5.74) is 6.55. The van der Waals surface area contributed by atoms with Crippen LogP contribution in [0.25, 0.3) is 0 Å². The summed E-state index contributed by atoms with van der Waals surface area (Å²) in [7, 11) is 1.83. The first-order valence-corrected chi connectivity index (χ1v) is 6.09. The molecule has 0 saturated carbocycles. The van der Waals surface area contributed by atoms with Crippen LogP contribution in [0.5, 0.6) is 0 Å². The Kier molecular flexibility index (Phi) is 7.90. The number of carbonyl (C=O) groups excluding carboxylic acids is 1. The molecule has 0 bridgehead atoms. The predicted octanol–water partition coefficient (Wildman–Crippen LogP) is 2.18. The van der Waals surface area contributed by atoms with Gasteiger partial charge in [-0.2, -0.15) is 0 Å². The molecule has 0 rings (SSSR count). The second kappa shape index (κ2) is 8.34. The minimum atomic E-state index is 0.207. The lowest BCUT2D eigenvalue weighted by Gasteiger charge is -2.19. The SMILES string of the molecule is C=C(C)CN(C)C(=O)CCC(CC)CCN. The highest BCUT2D eigenvalue weighted by Gasteiger charge is 2.12. The van der Waals surface area contributed by atoms with Crippen LogP contribution >= 0.6 is 0 Å². The standard InChI is InChI=1S/C13H26N2O/c1-5-12(8-9-14)6-7-13(16)15(4)10-11(2)3/h12H,2,5-10,14H2,1,3-4H3. The quantitative estimate of drug-likeness (QED) is 0.645. The number of nitrogens with zero attached hydrogens (tertiary/aromatic N) is 1. The van der Waals surface area contributed by atoms with Crippen LogP contribution in [0.15, 0.2) is 12.2 Å². The van der Waals surface area contributed by atoms with Gasteiger partial charge in [-0.15, -0.1) is 0 Å². The number of hydrogen-bond donors (Lipinski definition) is 1. The van der Waals surface area contributed by atoms with Crippen LogP contribution in [-0.2, 0) is 4.79 Å². The number of carbonyl (C=O) groups is 1. The summed E-state index contributed by atoms with van der Waals surface area (Å²) < 4.78 is 0. The molecular formula is C13H26N2O. The third kappa shape index (κ3) is 6.62. The van der Waals surface area contributed by atoms with Crippen LogP contribution in [0.4, 0.5) is 0 Å². The Bertz CT molecular complexity index is 226. The summed E-state index contributed by atoms with van der Waals surface area (Å²) in [6.45, 7) is 9.28. The van der Waals surface area contributed by atoms with Crippen molar-refractivity contribution in [2.24, 2.45) is 11.7 Å². The van der Waals surface area contributed by atoms with E-state index in [9.17, 15) is 4.79 Å². The minimum absolute atomic E-state index is 0.207. The van der Waals surface area contributed by atoms with Gasteiger partial charge in [0.05, 0.1) is 0 Å². The molecule has 1 amide bonds. The van der Waals surface area contributed by atoms with Crippen molar-refractivity contribution in [1.29, 1.82) is 0 Å². The first-order chi connectivity index (χ1) is 7.51. The van der Waals surface area contributed by atoms with E-state index < -0.39 is 0 Å². The Morgan fingerprint density at radius 1 is 1.44 bits per heavy atom. The number of nitrogens with two attached hydrogens (primary N) is 1.